The summed E-state index contributed by atoms with van der Waals surface area (Å²) in [6.07, 6.45) is 4.42. The molecule has 3 atom stereocenters. The number of rotatable bonds is 5. The van der Waals surface area contributed by atoms with Gasteiger partial charge in [-0.05, 0) is 31.9 Å². The number of hydrogen-bond acceptors (Lipinski definition) is 3. The molecule has 1 fully saturated rings. The van der Waals surface area contributed by atoms with Crippen molar-refractivity contribution in [2.24, 2.45) is 5.41 Å². The van der Waals surface area contributed by atoms with Gasteiger partial charge in [-0.25, -0.2) is 0 Å². The van der Waals surface area contributed by atoms with E-state index in [9.17, 15) is 0 Å². The molecule has 0 saturated heterocycles. The van der Waals surface area contributed by atoms with Crippen LogP contribution in [0.15, 0.2) is 36.5 Å². The first-order chi connectivity index (χ1) is 10.2. The Kier molecular flexibility index (Phi) is 3.85. The van der Waals surface area contributed by atoms with Gasteiger partial charge in [0.2, 0.25) is 0 Å². The van der Waals surface area contributed by atoms with Gasteiger partial charge in [0, 0.05) is 29.6 Å². The van der Waals surface area contributed by atoms with Gasteiger partial charge in [0.05, 0.1) is 17.3 Å². The van der Waals surface area contributed by atoms with Crippen molar-refractivity contribution < 1.29 is 4.74 Å². The summed E-state index contributed by atoms with van der Waals surface area (Å²) in [4.78, 5) is 4.53. The van der Waals surface area contributed by atoms with Gasteiger partial charge in [0.15, 0.2) is 0 Å². The number of ether oxygens (including phenoxy) is 1. The van der Waals surface area contributed by atoms with Crippen LogP contribution in [-0.2, 0) is 4.74 Å². The summed E-state index contributed by atoms with van der Waals surface area (Å²) in [5.74, 6) is 0. The average molecular weight is 284 g/mol. The lowest BCUT2D eigenvalue weighted by molar-refractivity contribution is -0.109. The zero-order valence-electron chi connectivity index (χ0n) is 13.1. The van der Waals surface area contributed by atoms with E-state index in [1.165, 1.54) is 5.39 Å². The summed E-state index contributed by atoms with van der Waals surface area (Å²) in [7, 11) is 0. The predicted octanol–water partition coefficient (Wildman–Crippen LogP) is 4.24. The second-order valence-electron chi connectivity index (χ2n) is 6.12. The second-order valence-corrected chi connectivity index (χ2v) is 6.12. The van der Waals surface area contributed by atoms with E-state index < -0.39 is 0 Å². The van der Waals surface area contributed by atoms with Crippen LogP contribution in [0.25, 0.3) is 10.9 Å². The maximum Gasteiger partial charge on any atom is 0.0933 e. The van der Waals surface area contributed by atoms with E-state index in [0.717, 1.165) is 30.7 Å². The fourth-order valence-electron chi connectivity index (χ4n) is 3.38. The van der Waals surface area contributed by atoms with Crippen LogP contribution in [0.4, 0.5) is 5.69 Å². The van der Waals surface area contributed by atoms with Gasteiger partial charge in [0.25, 0.3) is 0 Å². The van der Waals surface area contributed by atoms with E-state index in [1.54, 1.807) is 0 Å². The highest BCUT2D eigenvalue weighted by Gasteiger charge is 2.51. The first-order valence-corrected chi connectivity index (χ1v) is 7.91. The van der Waals surface area contributed by atoms with Crippen molar-refractivity contribution in [3.05, 3.63) is 36.5 Å². The van der Waals surface area contributed by atoms with Crippen LogP contribution >= 0.6 is 0 Å². The van der Waals surface area contributed by atoms with Gasteiger partial charge in [-0.15, -0.1) is 0 Å². The molecule has 0 spiro atoms. The van der Waals surface area contributed by atoms with Crippen LogP contribution in [0.1, 0.15) is 33.6 Å². The lowest BCUT2D eigenvalue weighted by atomic mass is 9.61. The number of nitrogens with zero attached hydrogens (tertiary/aromatic N) is 1. The molecule has 1 aromatic carbocycles. The Labute approximate surface area is 126 Å². The topological polar surface area (TPSA) is 34.1 Å². The van der Waals surface area contributed by atoms with E-state index in [-0.39, 0.29) is 5.41 Å². The lowest BCUT2D eigenvalue weighted by Gasteiger charge is -2.54. The van der Waals surface area contributed by atoms with Crippen LogP contribution in [0.5, 0.6) is 0 Å². The molecule has 1 N–H and O–H groups in total. The molecule has 3 heteroatoms. The van der Waals surface area contributed by atoms with Crippen molar-refractivity contribution in [1.29, 1.82) is 0 Å². The molecule has 21 heavy (non-hydrogen) atoms. The molecule has 112 valence electrons. The molecule has 3 rings (SSSR count). The van der Waals surface area contributed by atoms with Crippen molar-refractivity contribution in [1.82, 2.24) is 4.98 Å². The molecular formula is C18H24N2O. The molecule has 0 bridgehead atoms. The Bertz CT molecular complexity index is 622. The van der Waals surface area contributed by atoms with E-state index in [0.29, 0.717) is 12.1 Å². The van der Waals surface area contributed by atoms with Crippen molar-refractivity contribution >= 4 is 16.6 Å². The van der Waals surface area contributed by atoms with Crippen LogP contribution in [0, 0.1) is 5.41 Å². The highest BCUT2D eigenvalue weighted by Crippen LogP contribution is 2.47. The van der Waals surface area contributed by atoms with Crippen LogP contribution in [0.2, 0.25) is 0 Å². The number of nitrogens with one attached hydrogen (secondary N) is 1. The standard InChI is InChI=1S/C18H24N2O/c1-4-18(3)15(12-16(18)21-5-2)20-14-10-6-8-13-9-7-11-19-17(13)14/h6-11,15-16,20H,4-5,12H2,1-3H3. The quantitative estimate of drug-likeness (QED) is 0.891. The molecule has 2 aromatic rings. The number of aromatic nitrogens is 1. The average Bonchev–Trinajstić information content (AvgIpc) is 2.53. The highest BCUT2D eigenvalue weighted by molar-refractivity contribution is 5.90. The normalized spacial score (nSPS) is 28.3. The fourth-order valence-corrected chi connectivity index (χ4v) is 3.38. The fraction of sp³-hybridized carbons (Fsp3) is 0.500. The van der Waals surface area contributed by atoms with E-state index in [2.05, 4.69) is 55.3 Å². The molecule has 3 nitrogen and oxygen atoms in total. The molecule has 1 aliphatic rings. The number of para-hydroxylation sites is 1. The number of anilines is 1. The molecule has 1 aliphatic carbocycles. The van der Waals surface area contributed by atoms with Crippen LogP contribution in [-0.4, -0.2) is 23.7 Å². The number of pyridine rings is 1. The zero-order valence-corrected chi connectivity index (χ0v) is 13.1. The van der Waals surface area contributed by atoms with Gasteiger partial charge in [-0.3, -0.25) is 4.98 Å². The zero-order chi connectivity index (χ0) is 14.9. The minimum atomic E-state index is 0.201. The smallest absolute Gasteiger partial charge is 0.0933 e. The first kappa shape index (κ1) is 14.3. The molecule has 1 saturated carbocycles. The Balaban J connectivity index is 1.83. The Morgan fingerprint density at radius 2 is 2.10 bits per heavy atom. The molecule has 3 unspecified atom stereocenters. The molecule has 0 radical (unpaired) electrons. The van der Waals surface area contributed by atoms with Crippen LogP contribution in [0.3, 0.4) is 0 Å². The predicted molar refractivity (Wildman–Crippen MR) is 87.6 cm³/mol. The molecule has 1 heterocycles. The minimum absolute atomic E-state index is 0.201. The number of hydrogen-bond donors (Lipinski definition) is 1. The summed E-state index contributed by atoms with van der Waals surface area (Å²) >= 11 is 0. The summed E-state index contributed by atoms with van der Waals surface area (Å²) in [5, 5.41) is 4.89. The molecule has 1 aromatic heterocycles. The second kappa shape index (κ2) is 5.64. The van der Waals surface area contributed by atoms with Crippen molar-refractivity contribution in [2.75, 3.05) is 11.9 Å². The van der Waals surface area contributed by atoms with Gasteiger partial charge in [-0.1, -0.05) is 32.0 Å². The largest absolute Gasteiger partial charge is 0.380 e. The monoisotopic (exact) mass is 284 g/mol. The Hall–Kier alpha value is -1.61. The third-order valence-electron chi connectivity index (χ3n) is 5.07. The maximum absolute atomic E-state index is 5.88. The van der Waals surface area contributed by atoms with E-state index in [1.807, 2.05) is 12.3 Å². The van der Waals surface area contributed by atoms with E-state index in [4.69, 9.17) is 4.74 Å². The Morgan fingerprint density at radius 1 is 1.29 bits per heavy atom. The van der Waals surface area contributed by atoms with Gasteiger partial charge in [0.1, 0.15) is 0 Å². The lowest BCUT2D eigenvalue weighted by Crippen LogP contribution is -2.59. The Morgan fingerprint density at radius 3 is 2.86 bits per heavy atom. The summed E-state index contributed by atoms with van der Waals surface area (Å²) < 4.78 is 5.88. The van der Waals surface area contributed by atoms with Crippen molar-refractivity contribution in [3.63, 3.8) is 0 Å². The summed E-state index contributed by atoms with van der Waals surface area (Å²) in [6.45, 7) is 7.45. The SMILES string of the molecule is CCOC1CC(Nc2cccc3cccnc23)C1(C)CC. The highest BCUT2D eigenvalue weighted by atomic mass is 16.5. The van der Waals surface area contributed by atoms with Crippen molar-refractivity contribution in [3.8, 4) is 0 Å². The third-order valence-corrected chi connectivity index (χ3v) is 5.07. The molecule has 0 amide bonds. The summed E-state index contributed by atoms with van der Waals surface area (Å²) in [5.41, 5.74) is 2.39. The number of fused-ring (bicyclic) bond motifs is 1. The van der Waals surface area contributed by atoms with Gasteiger partial charge >= 0.3 is 0 Å². The third kappa shape index (κ3) is 2.40. The molecule has 0 aliphatic heterocycles. The van der Waals surface area contributed by atoms with Crippen LogP contribution < -0.4 is 5.32 Å². The number of benzene rings is 1. The minimum Gasteiger partial charge on any atom is -0.380 e. The first-order valence-electron chi connectivity index (χ1n) is 7.91. The van der Waals surface area contributed by atoms with Crippen molar-refractivity contribution in [2.45, 2.75) is 45.8 Å². The molecular weight excluding hydrogens is 260 g/mol. The van der Waals surface area contributed by atoms with E-state index >= 15 is 0 Å². The maximum atomic E-state index is 5.88. The summed E-state index contributed by atoms with van der Waals surface area (Å²) in [6, 6.07) is 10.9. The van der Waals surface area contributed by atoms with Gasteiger partial charge < -0.3 is 10.1 Å². The van der Waals surface area contributed by atoms with Gasteiger partial charge in [-0.2, -0.15) is 0 Å².